The normalized spacial score (nSPS) is 36.1. The monoisotopic (exact) mass is 227 g/mol. The molecule has 0 radical (unpaired) electrons. The Morgan fingerprint density at radius 1 is 1.41 bits per heavy atom. The largest absolute Gasteiger partial charge is 2.00 e. The topological polar surface area (TPSA) is 19.6 Å². The molecular weight excluding hydrogens is 209 g/mol. The average molecular weight is 227 g/mol. The summed E-state index contributed by atoms with van der Waals surface area (Å²) in [5, 5.41) is 0. The van der Waals surface area contributed by atoms with Crippen molar-refractivity contribution < 1.29 is 5.84 Å². The molecule has 2 saturated heterocycles. The number of rotatable bonds is 2. The predicted molar refractivity (Wildman–Crippen MR) is 66.8 cm³/mol. The van der Waals surface area contributed by atoms with E-state index in [1.165, 1.54) is 38.9 Å². The van der Waals surface area contributed by atoms with Crippen LogP contribution in [0.1, 0.15) is 26.4 Å². The van der Waals surface area contributed by atoms with Gasteiger partial charge in [-0.05, 0) is 37.8 Å². The van der Waals surface area contributed by atoms with Gasteiger partial charge in [-0.1, -0.05) is 0 Å². The van der Waals surface area contributed by atoms with Crippen LogP contribution in [0.15, 0.2) is 16.7 Å². The smallest absolute Gasteiger partial charge is 1.00 e. The molecule has 0 amide bonds. The van der Waals surface area contributed by atoms with Crippen molar-refractivity contribution in [3.05, 3.63) is 24.2 Å². The van der Waals surface area contributed by atoms with Crippen molar-refractivity contribution in [1.82, 2.24) is 9.80 Å². The van der Waals surface area contributed by atoms with E-state index in [1.54, 1.807) is 6.26 Å². The summed E-state index contributed by atoms with van der Waals surface area (Å²) in [6.45, 7) is 4.76. The zero-order valence-electron chi connectivity index (χ0n) is 11.2. The van der Waals surface area contributed by atoms with Gasteiger partial charge >= 0.3 is 10.1 Å². The molecule has 1 saturated carbocycles. The molecule has 1 aromatic rings. The standard InChI is InChI=1S/C13H17N2O.Be.H/c1-2-11(16-9-1)10-14-7-8-15-6-5-13(15)4-3-12(13)14;;/h2,9,12H,3-8,10H2;;/q-1;+2;-1. The van der Waals surface area contributed by atoms with Crippen LogP contribution in [0.3, 0.4) is 0 Å². The second-order valence-corrected chi connectivity index (χ2v) is 5.38. The van der Waals surface area contributed by atoms with Gasteiger partial charge in [0.1, 0.15) is 0 Å². The van der Waals surface area contributed by atoms with Gasteiger partial charge in [-0.15, -0.1) is 0 Å². The van der Waals surface area contributed by atoms with Gasteiger partial charge in [-0.25, -0.2) is 6.07 Å². The first-order chi connectivity index (χ1) is 7.88. The van der Waals surface area contributed by atoms with Crippen LogP contribution in [-0.4, -0.2) is 51.1 Å². The molecule has 1 aliphatic carbocycles. The van der Waals surface area contributed by atoms with Crippen molar-refractivity contribution >= 4 is 10.1 Å². The summed E-state index contributed by atoms with van der Waals surface area (Å²) >= 11 is 0. The van der Waals surface area contributed by atoms with Crippen LogP contribution in [0.4, 0.5) is 0 Å². The fourth-order valence-electron chi connectivity index (χ4n) is 3.83. The van der Waals surface area contributed by atoms with E-state index in [-0.39, 0.29) is 11.5 Å². The summed E-state index contributed by atoms with van der Waals surface area (Å²) in [6, 6.07) is 5.75. The molecule has 1 spiro atoms. The Bertz CT molecular complexity index is 396. The number of nitrogens with zero attached hydrogens (tertiary/aromatic N) is 2. The van der Waals surface area contributed by atoms with Crippen molar-refractivity contribution in [2.75, 3.05) is 19.6 Å². The second kappa shape index (κ2) is 3.94. The minimum absolute atomic E-state index is 0. The fraction of sp³-hybridized carbons (Fsp3) is 0.692. The molecular formula is C13H18BeN2O. The quantitative estimate of drug-likeness (QED) is 0.560. The Hall–Kier alpha value is -0.631. The fourth-order valence-corrected chi connectivity index (χ4v) is 3.83. The minimum Gasteiger partial charge on any atom is -1.00 e. The van der Waals surface area contributed by atoms with Crippen molar-refractivity contribution in [1.29, 1.82) is 0 Å². The van der Waals surface area contributed by atoms with E-state index in [2.05, 4.69) is 15.9 Å². The average Bonchev–Trinajstić information content (AvgIpc) is 2.65. The predicted octanol–water partition coefficient (Wildman–Crippen LogP) is 1.23. The third-order valence-electron chi connectivity index (χ3n) is 4.89. The number of hydrogen-bond acceptors (Lipinski definition) is 3. The summed E-state index contributed by atoms with van der Waals surface area (Å²) in [4.78, 5) is 5.32. The Morgan fingerprint density at radius 2 is 2.35 bits per heavy atom. The molecule has 2 aliphatic heterocycles. The van der Waals surface area contributed by atoms with Crippen molar-refractivity contribution in [2.45, 2.75) is 37.4 Å². The number of furan rings is 1. The molecule has 4 rings (SSSR count). The summed E-state index contributed by atoms with van der Waals surface area (Å²) in [5.41, 5.74) is 0.578. The zero-order valence-corrected chi connectivity index (χ0v) is 10.2. The first kappa shape index (κ1) is 11.5. The van der Waals surface area contributed by atoms with Gasteiger partial charge in [0.2, 0.25) is 0 Å². The third-order valence-corrected chi connectivity index (χ3v) is 4.89. The molecule has 17 heavy (non-hydrogen) atoms. The Kier molecular flexibility index (Phi) is 2.66. The van der Waals surface area contributed by atoms with Gasteiger partial charge in [0.05, 0.1) is 0 Å². The molecule has 1 aromatic heterocycles. The van der Waals surface area contributed by atoms with Crippen LogP contribution >= 0.6 is 0 Å². The third kappa shape index (κ3) is 1.46. The van der Waals surface area contributed by atoms with E-state index in [0.29, 0.717) is 5.54 Å². The molecule has 3 heterocycles. The Labute approximate surface area is 107 Å². The van der Waals surface area contributed by atoms with E-state index < -0.39 is 0 Å². The van der Waals surface area contributed by atoms with E-state index in [0.717, 1.165) is 18.3 Å². The van der Waals surface area contributed by atoms with Gasteiger partial charge in [0.15, 0.2) is 0 Å². The first-order valence-corrected chi connectivity index (χ1v) is 6.31. The maximum absolute atomic E-state index is 5.41. The van der Waals surface area contributed by atoms with Crippen molar-refractivity contribution in [3.63, 3.8) is 0 Å². The van der Waals surface area contributed by atoms with Crippen molar-refractivity contribution in [2.24, 2.45) is 0 Å². The first-order valence-electron chi connectivity index (χ1n) is 6.31. The molecule has 0 N–H and O–H groups in total. The molecule has 2 unspecified atom stereocenters. The minimum atomic E-state index is 0. The molecule has 0 bridgehead atoms. The van der Waals surface area contributed by atoms with Crippen LogP contribution in [0.25, 0.3) is 0 Å². The maximum Gasteiger partial charge on any atom is 2.00 e. The van der Waals surface area contributed by atoms with Crippen LogP contribution in [0.2, 0.25) is 0 Å². The molecule has 88 valence electrons. The van der Waals surface area contributed by atoms with E-state index in [4.69, 9.17) is 4.42 Å². The SMILES string of the molecule is [Be+2].[H-].[c-]1coc(CN2CCN3CCC34CCC24)c1. The van der Waals surface area contributed by atoms with Crippen LogP contribution < -0.4 is 0 Å². The molecule has 0 aromatic carbocycles. The Morgan fingerprint density at radius 3 is 2.94 bits per heavy atom. The van der Waals surface area contributed by atoms with Gasteiger partial charge in [-0.2, -0.15) is 6.07 Å². The molecule has 3 aliphatic rings. The summed E-state index contributed by atoms with van der Waals surface area (Å²) in [5.74, 6) is 1.06. The summed E-state index contributed by atoms with van der Waals surface area (Å²) < 4.78 is 5.41. The second-order valence-electron chi connectivity index (χ2n) is 5.38. The molecule has 2 atom stereocenters. The van der Waals surface area contributed by atoms with Crippen LogP contribution in [0, 0.1) is 6.07 Å². The molecule has 3 nitrogen and oxygen atoms in total. The van der Waals surface area contributed by atoms with E-state index >= 15 is 0 Å². The molecule has 4 heteroatoms. The van der Waals surface area contributed by atoms with Crippen LogP contribution in [-0.2, 0) is 6.54 Å². The summed E-state index contributed by atoms with van der Waals surface area (Å²) in [7, 11) is 0. The van der Waals surface area contributed by atoms with Crippen LogP contribution in [0.5, 0.6) is 0 Å². The van der Waals surface area contributed by atoms with E-state index in [9.17, 15) is 0 Å². The van der Waals surface area contributed by atoms with Gasteiger partial charge in [0.25, 0.3) is 0 Å². The Balaban J connectivity index is 0.000000602. The van der Waals surface area contributed by atoms with Gasteiger partial charge < -0.3 is 10.7 Å². The molecule has 3 fully saturated rings. The maximum atomic E-state index is 5.41. The number of hydrogen-bond donors (Lipinski definition) is 0. The summed E-state index contributed by atoms with van der Waals surface area (Å²) in [6.07, 6.45) is 5.86. The van der Waals surface area contributed by atoms with E-state index in [1.807, 2.05) is 6.07 Å². The zero-order chi connectivity index (χ0) is 10.6. The van der Waals surface area contributed by atoms with Crippen molar-refractivity contribution in [3.8, 4) is 0 Å². The number of piperazine rings is 1. The van der Waals surface area contributed by atoms with Gasteiger partial charge in [0, 0.05) is 31.2 Å². The van der Waals surface area contributed by atoms with Gasteiger partial charge in [-0.3, -0.25) is 4.90 Å².